The van der Waals surface area contributed by atoms with Gasteiger partial charge in [-0.1, -0.05) is 12.1 Å². The molecule has 1 fully saturated rings. The average Bonchev–Trinajstić information content (AvgIpc) is 2.87. The van der Waals surface area contributed by atoms with E-state index in [2.05, 4.69) is 5.32 Å². The van der Waals surface area contributed by atoms with Gasteiger partial charge < -0.3 is 19.9 Å². The number of aryl methyl sites for hydroxylation is 1. The van der Waals surface area contributed by atoms with Crippen molar-refractivity contribution in [3.63, 3.8) is 0 Å². The zero-order valence-electron chi connectivity index (χ0n) is 10.8. The average molecular weight is 251 g/mol. The van der Waals surface area contributed by atoms with Crippen LogP contribution < -0.4 is 10.1 Å². The topological polar surface area (TPSA) is 50.7 Å². The Balaban J connectivity index is 1.66. The first-order valence-corrected chi connectivity index (χ1v) is 6.42. The minimum absolute atomic E-state index is 0.310. The minimum Gasteiger partial charge on any atom is -0.491 e. The molecule has 1 aromatic rings. The minimum atomic E-state index is -0.494. The van der Waals surface area contributed by atoms with E-state index >= 15 is 0 Å². The number of aliphatic hydroxyl groups is 1. The van der Waals surface area contributed by atoms with Crippen LogP contribution in [0.2, 0.25) is 0 Å². The summed E-state index contributed by atoms with van der Waals surface area (Å²) in [6.45, 7) is 4.42. The van der Waals surface area contributed by atoms with Crippen molar-refractivity contribution in [2.75, 3.05) is 26.4 Å². The lowest BCUT2D eigenvalue weighted by molar-refractivity contribution is 0.102. The van der Waals surface area contributed by atoms with Crippen molar-refractivity contribution in [3.8, 4) is 5.75 Å². The zero-order chi connectivity index (χ0) is 12.8. The van der Waals surface area contributed by atoms with Crippen LogP contribution in [-0.4, -0.2) is 43.6 Å². The Morgan fingerprint density at radius 3 is 3.17 bits per heavy atom. The van der Waals surface area contributed by atoms with Gasteiger partial charge >= 0.3 is 0 Å². The number of rotatable bonds is 6. The van der Waals surface area contributed by atoms with Crippen LogP contribution in [-0.2, 0) is 4.74 Å². The van der Waals surface area contributed by atoms with Gasteiger partial charge in [0.1, 0.15) is 18.5 Å². The van der Waals surface area contributed by atoms with E-state index in [0.29, 0.717) is 19.2 Å². The molecule has 100 valence electrons. The second-order valence-electron chi connectivity index (χ2n) is 4.75. The summed E-state index contributed by atoms with van der Waals surface area (Å²) in [7, 11) is 0. The number of hydrogen-bond donors (Lipinski definition) is 2. The molecule has 1 aromatic carbocycles. The number of ether oxygens (including phenoxy) is 2. The molecule has 0 amide bonds. The molecule has 0 bridgehead atoms. The van der Waals surface area contributed by atoms with E-state index < -0.39 is 6.10 Å². The first-order chi connectivity index (χ1) is 8.74. The van der Waals surface area contributed by atoms with E-state index in [0.717, 1.165) is 30.9 Å². The lowest BCUT2D eigenvalue weighted by Gasteiger charge is -2.16. The van der Waals surface area contributed by atoms with Gasteiger partial charge in [0.25, 0.3) is 0 Å². The third-order valence-corrected chi connectivity index (χ3v) is 3.00. The highest BCUT2D eigenvalue weighted by atomic mass is 16.5. The molecule has 1 aliphatic heterocycles. The monoisotopic (exact) mass is 251 g/mol. The molecule has 0 spiro atoms. The molecule has 0 saturated carbocycles. The Kier molecular flexibility index (Phi) is 4.99. The second kappa shape index (κ2) is 6.73. The summed E-state index contributed by atoms with van der Waals surface area (Å²) >= 11 is 0. The first kappa shape index (κ1) is 13.3. The summed E-state index contributed by atoms with van der Waals surface area (Å²) in [5, 5.41) is 13.1. The normalized spacial score (nSPS) is 20.9. The fraction of sp³-hybridized carbons (Fsp3) is 0.571. The van der Waals surface area contributed by atoms with Crippen LogP contribution >= 0.6 is 0 Å². The van der Waals surface area contributed by atoms with Gasteiger partial charge in [0.05, 0.1) is 6.61 Å². The van der Waals surface area contributed by atoms with Crippen molar-refractivity contribution < 1.29 is 14.6 Å². The van der Waals surface area contributed by atoms with Gasteiger partial charge in [-0.05, 0) is 31.0 Å². The molecule has 2 atom stereocenters. The van der Waals surface area contributed by atoms with Gasteiger partial charge in [-0.15, -0.1) is 0 Å². The number of aliphatic hydroxyl groups excluding tert-OH is 1. The third kappa shape index (κ3) is 4.29. The van der Waals surface area contributed by atoms with Crippen LogP contribution in [0.25, 0.3) is 0 Å². The maximum atomic E-state index is 9.81. The highest BCUT2D eigenvalue weighted by Gasteiger charge is 2.16. The van der Waals surface area contributed by atoms with E-state index in [9.17, 15) is 5.11 Å². The first-order valence-electron chi connectivity index (χ1n) is 6.42. The fourth-order valence-corrected chi connectivity index (χ4v) is 1.95. The molecule has 4 nitrogen and oxygen atoms in total. The van der Waals surface area contributed by atoms with Crippen molar-refractivity contribution in [1.82, 2.24) is 5.32 Å². The SMILES string of the molecule is Cc1cccc(OCC(O)CNC2CCOC2)c1. The third-order valence-electron chi connectivity index (χ3n) is 3.00. The fourth-order valence-electron chi connectivity index (χ4n) is 1.95. The highest BCUT2D eigenvalue weighted by molar-refractivity contribution is 5.27. The summed E-state index contributed by atoms with van der Waals surface area (Å²) in [5.74, 6) is 0.804. The van der Waals surface area contributed by atoms with Gasteiger partial charge in [0.15, 0.2) is 0 Å². The van der Waals surface area contributed by atoms with Crippen LogP contribution in [0, 0.1) is 6.92 Å². The lowest BCUT2D eigenvalue weighted by atomic mass is 10.2. The Bertz CT molecular complexity index is 364. The van der Waals surface area contributed by atoms with Crippen molar-refractivity contribution >= 4 is 0 Å². The summed E-state index contributed by atoms with van der Waals surface area (Å²) in [4.78, 5) is 0. The molecule has 2 N–H and O–H groups in total. The zero-order valence-corrected chi connectivity index (χ0v) is 10.8. The molecule has 1 aliphatic rings. The van der Waals surface area contributed by atoms with Gasteiger partial charge in [0, 0.05) is 19.2 Å². The predicted molar refractivity (Wildman–Crippen MR) is 69.9 cm³/mol. The van der Waals surface area contributed by atoms with E-state index in [1.807, 2.05) is 31.2 Å². The van der Waals surface area contributed by atoms with E-state index in [4.69, 9.17) is 9.47 Å². The van der Waals surface area contributed by atoms with Crippen LogP contribution in [0.1, 0.15) is 12.0 Å². The van der Waals surface area contributed by atoms with Crippen LogP contribution in [0.15, 0.2) is 24.3 Å². The molecule has 0 radical (unpaired) electrons. The van der Waals surface area contributed by atoms with E-state index in [-0.39, 0.29) is 0 Å². The quantitative estimate of drug-likeness (QED) is 0.795. The van der Waals surface area contributed by atoms with Gasteiger partial charge in [-0.2, -0.15) is 0 Å². The lowest BCUT2D eigenvalue weighted by Crippen LogP contribution is -2.38. The van der Waals surface area contributed by atoms with Crippen LogP contribution in [0.4, 0.5) is 0 Å². The summed E-state index contributed by atoms with van der Waals surface area (Å²) in [5.41, 5.74) is 1.16. The van der Waals surface area contributed by atoms with Crippen LogP contribution in [0.3, 0.4) is 0 Å². The Morgan fingerprint density at radius 2 is 2.44 bits per heavy atom. The van der Waals surface area contributed by atoms with Crippen LogP contribution in [0.5, 0.6) is 5.75 Å². The van der Waals surface area contributed by atoms with Crippen molar-refractivity contribution in [2.24, 2.45) is 0 Å². The van der Waals surface area contributed by atoms with Crippen molar-refractivity contribution in [1.29, 1.82) is 0 Å². The molecule has 4 heteroatoms. The Hall–Kier alpha value is -1.10. The van der Waals surface area contributed by atoms with Gasteiger partial charge in [-0.3, -0.25) is 0 Å². The number of hydrogen-bond acceptors (Lipinski definition) is 4. The molecule has 0 aliphatic carbocycles. The van der Waals surface area contributed by atoms with E-state index in [1.165, 1.54) is 0 Å². The molecule has 1 heterocycles. The maximum Gasteiger partial charge on any atom is 0.119 e. The Morgan fingerprint density at radius 1 is 1.56 bits per heavy atom. The van der Waals surface area contributed by atoms with Gasteiger partial charge in [0.2, 0.25) is 0 Å². The molecule has 1 saturated heterocycles. The molecular formula is C14H21NO3. The summed E-state index contributed by atoms with van der Waals surface area (Å²) in [6.07, 6.45) is 0.525. The molecule has 18 heavy (non-hydrogen) atoms. The molecule has 2 unspecified atom stereocenters. The molecule has 0 aromatic heterocycles. The van der Waals surface area contributed by atoms with Crippen molar-refractivity contribution in [3.05, 3.63) is 29.8 Å². The van der Waals surface area contributed by atoms with E-state index in [1.54, 1.807) is 0 Å². The highest BCUT2D eigenvalue weighted by Crippen LogP contribution is 2.12. The summed E-state index contributed by atoms with van der Waals surface area (Å²) < 4.78 is 10.8. The number of benzene rings is 1. The van der Waals surface area contributed by atoms with Gasteiger partial charge in [-0.25, -0.2) is 0 Å². The Labute approximate surface area is 108 Å². The standard InChI is InChI=1S/C14H21NO3/c1-11-3-2-4-14(7-11)18-10-13(16)8-15-12-5-6-17-9-12/h2-4,7,12-13,15-16H,5-6,8-10H2,1H3. The smallest absolute Gasteiger partial charge is 0.119 e. The number of nitrogens with one attached hydrogen (secondary N) is 1. The predicted octanol–water partition coefficient (Wildman–Crippen LogP) is 1.11. The maximum absolute atomic E-state index is 9.81. The summed E-state index contributed by atoms with van der Waals surface area (Å²) in [6, 6.07) is 8.21. The second-order valence-corrected chi connectivity index (χ2v) is 4.75. The largest absolute Gasteiger partial charge is 0.491 e. The molecule has 2 rings (SSSR count). The molecular weight excluding hydrogens is 230 g/mol. The van der Waals surface area contributed by atoms with Crippen molar-refractivity contribution in [2.45, 2.75) is 25.5 Å².